The van der Waals surface area contributed by atoms with Crippen LogP contribution in [0.1, 0.15) is 12.8 Å². The number of benzene rings is 1. The van der Waals surface area contributed by atoms with Crippen molar-refractivity contribution in [3.05, 3.63) is 28.2 Å². The van der Waals surface area contributed by atoms with Crippen molar-refractivity contribution >= 4 is 23.2 Å². The molecule has 3 nitrogen and oxygen atoms in total. The van der Waals surface area contributed by atoms with Crippen LogP contribution in [0.25, 0.3) is 0 Å². The van der Waals surface area contributed by atoms with Crippen molar-refractivity contribution < 1.29 is 4.74 Å². The lowest BCUT2D eigenvalue weighted by atomic mass is 10.1. The Balaban J connectivity index is 1.75. The molecule has 0 spiro atoms. The van der Waals surface area contributed by atoms with Crippen molar-refractivity contribution in [1.82, 2.24) is 10.2 Å². The Morgan fingerprint density at radius 3 is 2.47 bits per heavy atom. The van der Waals surface area contributed by atoms with E-state index in [9.17, 15) is 0 Å². The first-order chi connectivity index (χ1) is 9.20. The van der Waals surface area contributed by atoms with Crippen LogP contribution >= 0.6 is 23.2 Å². The molecule has 1 aliphatic heterocycles. The highest BCUT2D eigenvalue weighted by atomic mass is 35.5. The maximum atomic E-state index is 6.06. The first-order valence-corrected chi connectivity index (χ1v) is 7.42. The molecule has 5 heteroatoms. The van der Waals surface area contributed by atoms with Gasteiger partial charge in [0.15, 0.2) is 5.75 Å². The van der Waals surface area contributed by atoms with E-state index in [-0.39, 0.29) is 0 Å². The molecule has 1 aromatic rings. The lowest BCUT2D eigenvalue weighted by Crippen LogP contribution is -2.42. The summed E-state index contributed by atoms with van der Waals surface area (Å²) in [5, 5.41) is 4.47. The molecule has 1 aliphatic rings. The van der Waals surface area contributed by atoms with Crippen LogP contribution in [0.4, 0.5) is 0 Å². The standard InChI is InChI=1S/C14H20Cl2N2O/c1-17-11-5-7-18(8-6-11)9-10-19-14-12(15)3-2-4-13(14)16/h2-4,11,17H,5-10H2,1H3. The Labute approximate surface area is 124 Å². The summed E-state index contributed by atoms with van der Waals surface area (Å²) in [6.07, 6.45) is 2.40. The minimum absolute atomic E-state index is 0.571. The molecule has 1 aromatic carbocycles. The number of halogens is 2. The maximum Gasteiger partial charge on any atom is 0.156 e. The Hall–Kier alpha value is -0.480. The lowest BCUT2D eigenvalue weighted by Gasteiger charge is -2.31. The molecule has 1 heterocycles. The number of piperidine rings is 1. The van der Waals surface area contributed by atoms with Crippen molar-refractivity contribution in [1.29, 1.82) is 0 Å². The van der Waals surface area contributed by atoms with Gasteiger partial charge < -0.3 is 10.1 Å². The fraction of sp³-hybridized carbons (Fsp3) is 0.571. The summed E-state index contributed by atoms with van der Waals surface area (Å²) >= 11 is 12.1. The van der Waals surface area contributed by atoms with Crippen molar-refractivity contribution in [2.45, 2.75) is 18.9 Å². The van der Waals surface area contributed by atoms with Crippen LogP contribution < -0.4 is 10.1 Å². The first kappa shape index (κ1) is 14.9. The van der Waals surface area contributed by atoms with Gasteiger partial charge in [0.2, 0.25) is 0 Å². The number of hydrogen-bond donors (Lipinski definition) is 1. The lowest BCUT2D eigenvalue weighted by molar-refractivity contribution is 0.167. The van der Waals surface area contributed by atoms with Crippen molar-refractivity contribution in [2.24, 2.45) is 0 Å². The Morgan fingerprint density at radius 2 is 1.89 bits per heavy atom. The molecule has 0 unspecified atom stereocenters. The van der Waals surface area contributed by atoms with E-state index < -0.39 is 0 Å². The number of hydrogen-bond acceptors (Lipinski definition) is 3. The molecule has 0 bridgehead atoms. The van der Waals surface area contributed by atoms with Crippen LogP contribution in [-0.2, 0) is 0 Å². The summed E-state index contributed by atoms with van der Waals surface area (Å²) in [7, 11) is 2.03. The van der Waals surface area contributed by atoms with Gasteiger partial charge in [-0.2, -0.15) is 0 Å². The van der Waals surface area contributed by atoms with E-state index in [4.69, 9.17) is 27.9 Å². The number of nitrogens with one attached hydrogen (secondary N) is 1. The quantitative estimate of drug-likeness (QED) is 0.905. The summed E-state index contributed by atoms with van der Waals surface area (Å²) in [4.78, 5) is 2.42. The summed E-state index contributed by atoms with van der Waals surface area (Å²) in [5.74, 6) is 0.593. The monoisotopic (exact) mass is 302 g/mol. The Kier molecular flexibility index (Phi) is 5.76. The Bertz CT molecular complexity index is 386. The fourth-order valence-electron chi connectivity index (χ4n) is 2.34. The number of rotatable bonds is 5. The topological polar surface area (TPSA) is 24.5 Å². The second-order valence-corrected chi connectivity index (χ2v) is 5.62. The van der Waals surface area contributed by atoms with Crippen molar-refractivity contribution in [3.8, 4) is 5.75 Å². The van der Waals surface area contributed by atoms with Crippen LogP contribution in [0.5, 0.6) is 5.75 Å². The summed E-state index contributed by atoms with van der Waals surface area (Å²) < 4.78 is 5.70. The molecule has 0 aliphatic carbocycles. The van der Waals surface area contributed by atoms with Crippen LogP contribution in [-0.4, -0.2) is 44.2 Å². The highest BCUT2D eigenvalue weighted by Crippen LogP contribution is 2.32. The van der Waals surface area contributed by atoms with E-state index in [1.165, 1.54) is 12.8 Å². The molecule has 19 heavy (non-hydrogen) atoms. The molecular weight excluding hydrogens is 283 g/mol. The smallest absolute Gasteiger partial charge is 0.156 e. The van der Waals surface area contributed by atoms with E-state index in [1.54, 1.807) is 12.1 Å². The molecule has 0 radical (unpaired) electrons. The van der Waals surface area contributed by atoms with Gasteiger partial charge in [-0.15, -0.1) is 0 Å². The van der Waals surface area contributed by atoms with Gasteiger partial charge in [0, 0.05) is 12.6 Å². The molecule has 1 N–H and O–H groups in total. The molecule has 106 valence electrons. The van der Waals surface area contributed by atoms with Gasteiger partial charge in [-0.3, -0.25) is 4.90 Å². The second kappa shape index (κ2) is 7.34. The summed E-state index contributed by atoms with van der Waals surface area (Å²) in [6, 6.07) is 6.07. The molecule has 0 saturated carbocycles. The van der Waals surface area contributed by atoms with E-state index in [0.29, 0.717) is 28.4 Å². The number of ether oxygens (including phenoxy) is 1. The third-order valence-electron chi connectivity index (χ3n) is 3.57. The predicted molar refractivity (Wildman–Crippen MR) is 80.5 cm³/mol. The highest BCUT2D eigenvalue weighted by molar-refractivity contribution is 6.37. The molecule has 0 atom stereocenters. The third-order valence-corrected chi connectivity index (χ3v) is 4.16. The minimum atomic E-state index is 0.571. The van der Waals surface area contributed by atoms with Crippen LogP contribution in [0.15, 0.2) is 18.2 Å². The molecule has 1 saturated heterocycles. The molecule has 0 amide bonds. The number of likely N-dealkylation sites (tertiary alicyclic amines) is 1. The molecule has 0 aromatic heterocycles. The van der Waals surface area contributed by atoms with Gasteiger partial charge >= 0.3 is 0 Å². The highest BCUT2D eigenvalue weighted by Gasteiger charge is 2.17. The molecular formula is C14H20Cl2N2O. The van der Waals surface area contributed by atoms with Crippen molar-refractivity contribution in [3.63, 3.8) is 0 Å². The maximum absolute atomic E-state index is 6.06. The second-order valence-electron chi connectivity index (χ2n) is 4.80. The Morgan fingerprint density at radius 1 is 1.26 bits per heavy atom. The van der Waals surface area contributed by atoms with E-state index >= 15 is 0 Å². The van der Waals surface area contributed by atoms with Crippen LogP contribution in [0.3, 0.4) is 0 Å². The normalized spacial score (nSPS) is 17.6. The van der Waals surface area contributed by atoms with Gasteiger partial charge in [0.05, 0.1) is 10.0 Å². The molecule has 1 fully saturated rings. The van der Waals surface area contributed by atoms with E-state index in [0.717, 1.165) is 19.6 Å². The zero-order valence-corrected chi connectivity index (χ0v) is 12.7. The van der Waals surface area contributed by atoms with Gasteiger partial charge in [-0.25, -0.2) is 0 Å². The zero-order chi connectivity index (χ0) is 13.7. The largest absolute Gasteiger partial charge is 0.489 e. The average molecular weight is 303 g/mol. The molecule has 2 rings (SSSR count). The van der Waals surface area contributed by atoms with Crippen LogP contribution in [0.2, 0.25) is 10.0 Å². The number of para-hydroxylation sites is 1. The van der Waals surface area contributed by atoms with Crippen LogP contribution in [0, 0.1) is 0 Å². The predicted octanol–water partition coefficient (Wildman–Crippen LogP) is 3.06. The van der Waals surface area contributed by atoms with Crippen molar-refractivity contribution in [2.75, 3.05) is 33.3 Å². The first-order valence-electron chi connectivity index (χ1n) is 6.67. The third kappa shape index (κ3) is 4.25. The van der Waals surface area contributed by atoms with Gasteiger partial charge in [-0.1, -0.05) is 29.3 Å². The summed E-state index contributed by atoms with van der Waals surface area (Å²) in [6.45, 7) is 3.77. The number of nitrogens with zero attached hydrogens (tertiary/aromatic N) is 1. The van der Waals surface area contributed by atoms with Gasteiger partial charge in [-0.05, 0) is 45.1 Å². The van der Waals surface area contributed by atoms with Gasteiger partial charge in [0.1, 0.15) is 6.61 Å². The van der Waals surface area contributed by atoms with E-state index in [1.807, 2.05) is 13.1 Å². The summed E-state index contributed by atoms with van der Waals surface area (Å²) in [5.41, 5.74) is 0. The minimum Gasteiger partial charge on any atom is -0.489 e. The zero-order valence-electron chi connectivity index (χ0n) is 11.2. The van der Waals surface area contributed by atoms with E-state index in [2.05, 4.69) is 10.2 Å². The van der Waals surface area contributed by atoms with Gasteiger partial charge in [0.25, 0.3) is 0 Å². The SMILES string of the molecule is CNC1CCN(CCOc2c(Cl)cccc2Cl)CC1. The fourth-order valence-corrected chi connectivity index (χ4v) is 2.85. The average Bonchev–Trinajstić information content (AvgIpc) is 2.43.